The number of nitrogens with one attached hydrogen (secondary N) is 1. The van der Waals surface area contributed by atoms with Crippen LogP contribution in [0.1, 0.15) is 29.7 Å². The van der Waals surface area contributed by atoms with Crippen LogP contribution in [0.4, 0.5) is 4.39 Å². The third kappa shape index (κ3) is 3.86. The Balaban J connectivity index is 2.52. The first-order valence-corrected chi connectivity index (χ1v) is 8.54. The van der Waals surface area contributed by atoms with E-state index < -0.39 is 0 Å². The van der Waals surface area contributed by atoms with Gasteiger partial charge in [0.2, 0.25) is 0 Å². The van der Waals surface area contributed by atoms with Crippen LogP contribution in [0.15, 0.2) is 39.3 Å². The van der Waals surface area contributed by atoms with E-state index in [-0.39, 0.29) is 11.9 Å². The molecule has 5 heteroatoms. The van der Waals surface area contributed by atoms with E-state index in [1.807, 2.05) is 32.0 Å². The number of halogens is 4. The maximum absolute atomic E-state index is 14.3. The van der Waals surface area contributed by atoms with Gasteiger partial charge in [-0.05, 0) is 58.7 Å². The van der Waals surface area contributed by atoms with Crippen molar-refractivity contribution >= 4 is 43.5 Å². The Hall–Kier alpha value is -0.420. The fourth-order valence-corrected chi connectivity index (χ4v) is 3.04. The molecule has 1 N–H and O–H groups in total. The average Bonchev–Trinajstić information content (AvgIpc) is 2.44. The van der Waals surface area contributed by atoms with Gasteiger partial charge in [0.1, 0.15) is 5.82 Å². The van der Waals surface area contributed by atoms with E-state index in [2.05, 4.69) is 37.2 Å². The molecule has 0 radical (unpaired) electrons. The van der Waals surface area contributed by atoms with Crippen molar-refractivity contribution in [1.82, 2.24) is 5.32 Å². The van der Waals surface area contributed by atoms with Crippen molar-refractivity contribution in [2.45, 2.75) is 19.9 Å². The summed E-state index contributed by atoms with van der Waals surface area (Å²) in [5.74, 6) is -0.283. The zero-order valence-electron chi connectivity index (χ0n) is 11.7. The molecule has 0 spiro atoms. The van der Waals surface area contributed by atoms with Gasteiger partial charge >= 0.3 is 0 Å². The summed E-state index contributed by atoms with van der Waals surface area (Å²) in [4.78, 5) is 0. The van der Waals surface area contributed by atoms with E-state index in [0.717, 1.165) is 22.1 Å². The first-order chi connectivity index (χ1) is 9.93. The lowest BCUT2D eigenvalue weighted by Crippen LogP contribution is -2.23. The molecule has 0 fully saturated rings. The molecule has 1 unspecified atom stereocenters. The quantitative estimate of drug-likeness (QED) is 0.580. The molecule has 0 saturated heterocycles. The highest BCUT2D eigenvalue weighted by Crippen LogP contribution is 2.33. The number of hydrogen-bond acceptors (Lipinski definition) is 1. The topological polar surface area (TPSA) is 12.0 Å². The minimum absolute atomic E-state index is 0.238. The molecule has 0 aliphatic rings. The van der Waals surface area contributed by atoms with Gasteiger partial charge in [-0.3, -0.25) is 0 Å². The van der Waals surface area contributed by atoms with Crippen LogP contribution in [0.5, 0.6) is 0 Å². The summed E-state index contributed by atoms with van der Waals surface area (Å²) >= 11 is 12.9. The van der Waals surface area contributed by atoms with Crippen molar-refractivity contribution in [2.75, 3.05) is 6.54 Å². The van der Waals surface area contributed by atoms with Crippen LogP contribution in [0, 0.1) is 12.7 Å². The van der Waals surface area contributed by atoms with Gasteiger partial charge in [-0.25, -0.2) is 4.39 Å². The highest BCUT2D eigenvalue weighted by molar-refractivity contribution is 9.10. The van der Waals surface area contributed by atoms with Crippen molar-refractivity contribution in [2.24, 2.45) is 0 Å². The summed E-state index contributed by atoms with van der Waals surface area (Å²) in [5, 5.41) is 3.82. The summed E-state index contributed by atoms with van der Waals surface area (Å²) in [5.41, 5.74) is 2.68. The van der Waals surface area contributed by atoms with E-state index in [4.69, 9.17) is 11.6 Å². The Bertz CT molecular complexity index is 661. The van der Waals surface area contributed by atoms with E-state index in [0.29, 0.717) is 15.1 Å². The summed E-state index contributed by atoms with van der Waals surface area (Å²) in [6.07, 6.45) is 0. The zero-order chi connectivity index (χ0) is 15.6. The summed E-state index contributed by atoms with van der Waals surface area (Å²) in [7, 11) is 0. The molecule has 0 saturated carbocycles. The fraction of sp³-hybridized carbons (Fsp3) is 0.250. The third-order valence-electron chi connectivity index (χ3n) is 3.29. The van der Waals surface area contributed by atoms with Gasteiger partial charge in [0.15, 0.2) is 0 Å². The van der Waals surface area contributed by atoms with Gasteiger partial charge in [-0.2, -0.15) is 0 Å². The lowest BCUT2D eigenvalue weighted by atomic mass is 9.97. The van der Waals surface area contributed by atoms with E-state index in [1.54, 1.807) is 6.07 Å². The molecule has 2 aromatic rings. The molecule has 112 valence electrons. The van der Waals surface area contributed by atoms with Crippen LogP contribution in [0.2, 0.25) is 5.02 Å². The van der Waals surface area contributed by atoms with Gasteiger partial charge < -0.3 is 5.32 Å². The van der Waals surface area contributed by atoms with Crippen LogP contribution >= 0.6 is 43.5 Å². The van der Waals surface area contributed by atoms with Gasteiger partial charge in [-0.1, -0.05) is 46.6 Å². The van der Waals surface area contributed by atoms with Crippen molar-refractivity contribution in [1.29, 1.82) is 0 Å². The molecule has 0 heterocycles. The minimum atomic E-state index is -0.283. The maximum Gasteiger partial charge on any atom is 0.129 e. The molecule has 0 aliphatic carbocycles. The predicted molar refractivity (Wildman–Crippen MR) is 93.5 cm³/mol. The van der Waals surface area contributed by atoms with Gasteiger partial charge in [0.05, 0.1) is 11.1 Å². The molecule has 2 rings (SSSR count). The summed E-state index contributed by atoms with van der Waals surface area (Å²) in [6.45, 7) is 4.74. The van der Waals surface area contributed by atoms with Crippen LogP contribution in [0.25, 0.3) is 0 Å². The SMILES string of the molecule is CCNC(c1ccc(C)c(Br)c1)c1cc(Cl)c(Br)cc1F. The number of rotatable bonds is 4. The predicted octanol–water partition coefficient (Wildman–Crippen LogP) is 6.01. The molecule has 0 aliphatic heterocycles. The van der Waals surface area contributed by atoms with Gasteiger partial charge in [0, 0.05) is 14.5 Å². The zero-order valence-corrected chi connectivity index (χ0v) is 15.6. The van der Waals surface area contributed by atoms with Crippen LogP contribution < -0.4 is 5.32 Å². The Labute approximate surface area is 146 Å². The fourth-order valence-electron chi connectivity index (χ4n) is 2.16. The van der Waals surface area contributed by atoms with Gasteiger partial charge in [-0.15, -0.1) is 0 Å². The molecule has 0 amide bonds. The molecule has 21 heavy (non-hydrogen) atoms. The first kappa shape index (κ1) is 16.9. The monoisotopic (exact) mass is 433 g/mol. The summed E-state index contributed by atoms with van der Waals surface area (Å²) < 4.78 is 15.9. The second-order valence-corrected chi connectivity index (χ2v) is 6.90. The van der Waals surface area contributed by atoms with Crippen molar-refractivity contribution < 1.29 is 4.39 Å². The third-order valence-corrected chi connectivity index (χ3v) is 5.34. The molecular formula is C16H15Br2ClFN. The Morgan fingerprint density at radius 2 is 1.90 bits per heavy atom. The maximum atomic E-state index is 14.3. The average molecular weight is 436 g/mol. The molecular weight excluding hydrogens is 420 g/mol. The minimum Gasteiger partial charge on any atom is -0.306 e. The van der Waals surface area contributed by atoms with Crippen molar-refractivity contribution in [3.63, 3.8) is 0 Å². The normalized spacial score (nSPS) is 12.5. The van der Waals surface area contributed by atoms with Gasteiger partial charge in [0.25, 0.3) is 0 Å². The molecule has 2 aromatic carbocycles. The number of benzene rings is 2. The summed E-state index contributed by atoms with van der Waals surface area (Å²) in [6, 6.07) is 8.87. The van der Waals surface area contributed by atoms with Crippen LogP contribution in [0.3, 0.4) is 0 Å². The van der Waals surface area contributed by atoms with E-state index >= 15 is 0 Å². The smallest absolute Gasteiger partial charge is 0.129 e. The number of hydrogen-bond donors (Lipinski definition) is 1. The highest BCUT2D eigenvalue weighted by Gasteiger charge is 2.19. The Kier molecular flexibility index (Phi) is 5.83. The standard InChI is InChI=1S/C16H15Br2ClFN/c1-3-21-16(10-5-4-9(2)12(17)6-10)11-7-14(19)13(18)8-15(11)20/h4-8,16,21H,3H2,1-2H3. The van der Waals surface area contributed by atoms with Crippen LogP contribution in [-0.4, -0.2) is 6.54 Å². The van der Waals surface area contributed by atoms with Crippen molar-refractivity contribution in [3.8, 4) is 0 Å². The Morgan fingerprint density at radius 3 is 2.52 bits per heavy atom. The largest absolute Gasteiger partial charge is 0.306 e. The van der Waals surface area contributed by atoms with E-state index in [1.165, 1.54) is 6.07 Å². The second kappa shape index (κ2) is 7.23. The number of aryl methyl sites for hydroxylation is 1. The van der Waals surface area contributed by atoms with Crippen molar-refractivity contribution in [3.05, 3.63) is 66.8 Å². The van der Waals surface area contributed by atoms with Crippen LogP contribution in [-0.2, 0) is 0 Å². The molecule has 0 bridgehead atoms. The molecule has 0 aromatic heterocycles. The first-order valence-electron chi connectivity index (χ1n) is 6.58. The lowest BCUT2D eigenvalue weighted by Gasteiger charge is -2.21. The highest BCUT2D eigenvalue weighted by atomic mass is 79.9. The Morgan fingerprint density at radius 1 is 1.19 bits per heavy atom. The molecule has 1 atom stereocenters. The molecule has 1 nitrogen and oxygen atoms in total. The lowest BCUT2D eigenvalue weighted by molar-refractivity contribution is 0.558. The second-order valence-electron chi connectivity index (χ2n) is 4.79. The van der Waals surface area contributed by atoms with E-state index in [9.17, 15) is 4.39 Å².